The summed E-state index contributed by atoms with van der Waals surface area (Å²) >= 11 is 6.33. The molecule has 4 aromatic heterocycles. The highest BCUT2D eigenvalue weighted by Crippen LogP contribution is 2.38. The number of nitrogens with one attached hydrogen (secondary N) is 1. The summed E-state index contributed by atoms with van der Waals surface area (Å²) in [5, 5.41) is 12.7. The molecule has 35 heavy (non-hydrogen) atoms. The quantitative estimate of drug-likeness (QED) is 0.370. The van der Waals surface area contributed by atoms with E-state index in [1.54, 1.807) is 16.8 Å². The van der Waals surface area contributed by atoms with E-state index in [4.69, 9.17) is 16.7 Å². The Morgan fingerprint density at radius 1 is 1.17 bits per heavy atom. The van der Waals surface area contributed by atoms with Gasteiger partial charge in [0.05, 0.1) is 22.1 Å². The number of para-hydroxylation sites is 1. The number of halogens is 1. The maximum Gasteiger partial charge on any atom is 0.284 e. The molecule has 5 heterocycles. The number of aromatic nitrogens is 7. The number of carbonyl (C=O) groups excluding carboxylic acids is 1. The zero-order valence-corrected chi connectivity index (χ0v) is 20.4. The van der Waals surface area contributed by atoms with Crippen molar-refractivity contribution >= 4 is 53.2 Å². The topological polar surface area (TPSA) is 114 Å². The second kappa shape index (κ2) is 8.82. The molecule has 0 saturated carbocycles. The van der Waals surface area contributed by atoms with E-state index in [9.17, 15) is 9.59 Å². The number of ketones is 1. The molecule has 1 aliphatic heterocycles. The van der Waals surface area contributed by atoms with Crippen LogP contribution in [0.5, 0.6) is 0 Å². The van der Waals surface area contributed by atoms with Gasteiger partial charge in [0, 0.05) is 19.7 Å². The Bertz CT molecular complexity index is 1630. The van der Waals surface area contributed by atoms with Crippen LogP contribution in [0.25, 0.3) is 22.2 Å². The summed E-state index contributed by atoms with van der Waals surface area (Å²) in [7, 11) is 0. The van der Waals surface area contributed by atoms with Crippen LogP contribution in [-0.4, -0.2) is 46.7 Å². The number of benzene rings is 1. The number of rotatable bonds is 4. The molecule has 0 unspecified atom stereocenters. The second-order valence-corrected chi connectivity index (χ2v) is 8.60. The first kappa shape index (κ1) is 23.1. The van der Waals surface area contributed by atoms with E-state index in [1.165, 1.54) is 17.8 Å². The lowest BCUT2D eigenvalue weighted by Gasteiger charge is -2.27. The van der Waals surface area contributed by atoms with E-state index in [1.807, 2.05) is 30.3 Å². The number of aromatic amines is 1. The van der Waals surface area contributed by atoms with Crippen LogP contribution in [0.15, 0.2) is 53.7 Å². The third kappa shape index (κ3) is 3.58. The lowest BCUT2D eigenvalue weighted by Crippen LogP contribution is -2.33. The first-order chi connectivity index (χ1) is 16.5. The molecule has 0 bridgehead atoms. The van der Waals surface area contributed by atoms with Gasteiger partial charge < -0.3 is 4.90 Å². The number of nitrogens with zero attached hydrogens (tertiary/aromatic N) is 7. The number of Topliss-reactive ketones (excluding diaryl/α,β-unsaturated/α-hetero) is 1. The highest BCUT2D eigenvalue weighted by Gasteiger charge is 2.34. The third-order valence-electron chi connectivity index (χ3n) is 6.18. The second-order valence-electron chi connectivity index (χ2n) is 8.19. The van der Waals surface area contributed by atoms with Crippen LogP contribution in [0.4, 0.5) is 5.82 Å². The zero-order valence-electron chi connectivity index (χ0n) is 18.6. The average Bonchev–Trinajstić information content (AvgIpc) is 3.57. The van der Waals surface area contributed by atoms with Gasteiger partial charge in [-0.1, -0.05) is 29.8 Å². The highest BCUT2D eigenvalue weighted by molar-refractivity contribution is 7.59. The predicted octanol–water partition coefficient (Wildman–Crippen LogP) is 3.46. The van der Waals surface area contributed by atoms with Crippen molar-refractivity contribution < 1.29 is 4.79 Å². The average molecular weight is 509 g/mol. The Morgan fingerprint density at radius 2 is 1.97 bits per heavy atom. The zero-order chi connectivity index (χ0) is 23.4. The summed E-state index contributed by atoms with van der Waals surface area (Å²) in [5.74, 6) is 0.996. The minimum Gasteiger partial charge on any atom is -0.346 e. The Kier molecular flexibility index (Phi) is 5.81. The van der Waals surface area contributed by atoms with E-state index in [-0.39, 0.29) is 30.9 Å². The SMILES string of the molecule is CC(=O)c1[nH]nc2ncnc(N3CCC[C@H]3c3nn4ccc(Cl)c4c(=O)n3-c3ccccc3)c12.S. The van der Waals surface area contributed by atoms with Gasteiger partial charge in [0.1, 0.15) is 23.4 Å². The normalized spacial score (nSPS) is 15.6. The molecular weight excluding hydrogens is 488 g/mol. The van der Waals surface area contributed by atoms with Crippen molar-refractivity contribution in [2.75, 3.05) is 11.4 Å². The molecule has 1 N–H and O–H groups in total. The van der Waals surface area contributed by atoms with Crippen molar-refractivity contribution in [1.82, 2.24) is 34.3 Å². The molecular formula is C23H21ClN8O2S. The molecule has 6 rings (SSSR count). The first-order valence-corrected chi connectivity index (χ1v) is 11.2. The molecule has 0 amide bonds. The van der Waals surface area contributed by atoms with Gasteiger partial charge >= 0.3 is 0 Å². The van der Waals surface area contributed by atoms with Crippen LogP contribution < -0.4 is 10.5 Å². The minimum atomic E-state index is -0.272. The maximum atomic E-state index is 13.7. The van der Waals surface area contributed by atoms with Crippen molar-refractivity contribution in [1.29, 1.82) is 0 Å². The number of H-pyrrole nitrogens is 1. The van der Waals surface area contributed by atoms with E-state index in [2.05, 4.69) is 25.1 Å². The molecule has 0 aliphatic carbocycles. The number of fused-ring (bicyclic) bond motifs is 2. The fourth-order valence-corrected chi connectivity index (χ4v) is 4.92. The van der Waals surface area contributed by atoms with E-state index >= 15 is 0 Å². The molecule has 5 aromatic rings. The van der Waals surface area contributed by atoms with Gasteiger partial charge in [-0.25, -0.2) is 14.5 Å². The van der Waals surface area contributed by atoms with Gasteiger partial charge in [-0.2, -0.15) is 23.7 Å². The Hall–Kier alpha value is -3.70. The smallest absolute Gasteiger partial charge is 0.284 e. The van der Waals surface area contributed by atoms with Crippen LogP contribution in [0.2, 0.25) is 5.02 Å². The van der Waals surface area contributed by atoms with E-state index in [0.717, 1.165) is 12.8 Å². The molecule has 1 fully saturated rings. The number of anilines is 1. The summed E-state index contributed by atoms with van der Waals surface area (Å²) in [4.78, 5) is 36.7. The monoisotopic (exact) mass is 508 g/mol. The molecule has 1 saturated heterocycles. The maximum absolute atomic E-state index is 13.7. The Labute approximate surface area is 211 Å². The summed E-state index contributed by atoms with van der Waals surface area (Å²) < 4.78 is 3.15. The van der Waals surface area contributed by atoms with Crippen LogP contribution in [0.3, 0.4) is 0 Å². The molecule has 1 aliphatic rings. The van der Waals surface area contributed by atoms with Crippen LogP contribution in [0.1, 0.15) is 42.1 Å². The number of carbonyl (C=O) groups is 1. The highest BCUT2D eigenvalue weighted by atomic mass is 35.5. The Morgan fingerprint density at radius 3 is 2.74 bits per heavy atom. The first-order valence-electron chi connectivity index (χ1n) is 10.9. The van der Waals surface area contributed by atoms with E-state index < -0.39 is 0 Å². The van der Waals surface area contributed by atoms with Crippen LogP contribution in [-0.2, 0) is 0 Å². The Balaban J connectivity index is 0.00000253. The van der Waals surface area contributed by atoms with Crippen molar-refractivity contribution in [3.8, 4) is 5.69 Å². The molecule has 1 aromatic carbocycles. The van der Waals surface area contributed by atoms with Gasteiger partial charge in [-0.3, -0.25) is 19.3 Å². The van der Waals surface area contributed by atoms with Gasteiger partial charge in [0.15, 0.2) is 17.3 Å². The molecule has 178 valence electrons. The summed E-state index contributed by atoms with van der Waals surface area (Å²) in [6.45, 7) is 2.15. The molecule has 0 spiro atoms. The summed E-state index contributed by atoms with van der Waals surface area (Å²) in [5.41, 5.74) is 1.54. The van der Waals surface area contributed by atoms with E-state index in [0.29, 0.717) is 51.1 Å². The predicted molar refractivity (Wildman–Crippen MR) is 137 cm³/mol. The lowest BCUT2D eigenvalue weighted by atomic mass is 10.1. The van der Waals surface area contributed by atoms with Crippen LogP contribution in [0, 0.1) is 0 Å². The minimum absolute atomic E-state index is 0. The van der Waals surface area contributed by atoms with Crippen molar-refractivity contribution in [3.05, 3.63) is 75.8 Å². The fraction of sp³-hybridized carbons (Fsp3) is 0.217. The standard InChI is InChI=1S/C23H19ClN8O2.H2S/c1-13(33)18-17-20(28-27-18)25-12-26-22(17)30-10-5-8-16(30)21-29-31-11-9-15(24)19(31)23(34)32(21)14-6-3-2-4-7-14;/h2-4,6-7,9,11-12,16H,5,8,10H2,1H3,(H,25,26,27,28);1H2/t16-;/m0./s1. The largest absolute Gasteiger partial charge is 0.346 e. The molecule has 10 nitrogen and oxygen atoms in total. The van der Waals surface area contributed by atoms with Gasteiger partial charge in [0.25, 0.3) is 5.56 Å². The van der Waals surface area contributed by atoms with Gasteiger partial charge in [0.2, 0.25) is 0 Å². The summed E-state index contributed by atoms with van der Waals surface area (Å²) in [6, 6.07) is 10.8. The molecule has 0 radical (unpaired) electrons. The van der Waals surface area contributed by atoms with Crippen molar-refractivity contribution in [3.63, 3.8) is 0 Å². The third-order valence-corrected chi connectivity index (χ3v) is 6.49. The summed E-state index contributed by atoms with van der Waals surface area (Å²) in [6.07, 6.45) is 4.73. The number of hydrogen-bond acceptors (Lipinski definition) is 7. The number of hydrogen-bond donors (Lipinski definition) is 1. The van der Waals surface area contributed by atoms with Crippen molar-refractivity contribution in [2.24, 2.45) is 0 Å². The lowest BCUT2D eigenvalue weighted by molar-refractivity contribution is 0.101. The molecule has 12 heteroatoms. The fourth-order valence-electron chi connectivity index (χ4n) is 4.69. The van der Waals surface area contributed by atoms with Gasteiger partial charge in [-0.05, 0) is 31.0 Å². The van der Waals surface area contributed by atoms with Crippen LogP contribution >= 0.6 is 25.1 Å². The van der Waals surface area contributed by atoms with Crippen molar-refractivity contribution in [2.45, 2.75) is 25.8 Å². The molecule has 1 atom stereocenters. The van der Waals surface area contributed by atoms with Gasteiger partial charge in [-0.15, -0.1) is 0 Å².